The van der Waals surface area contributed by atoms with E-state index in [2.05, 4.69) is 21.2 Å². The molecule has 2 aromatic rings. The summed E-state index contributed by atoms with van der Waals surface area (Å²) >= 11 is 0. The SMILES string of the molecule is OCC1CCN(c2nncc3ccccc23)C1. The van der Waals surface area contributed by atoms with Crippen molar-refractivity contribution in [1.29, 1.82) is 0 Å². The molecule has 17 heavy (non-hydrogen) atoms. The second-order valence-electron chi connectivity index (χ2n) is 4.54. The molecule has 1 aromatic heterocycles. The Morgan fingerprint density at radius 1 is 1.35 bits per heavy atom. The first-order valence-corrected chi connectivity index (χ1v) is 5.94. The van der Waals surface area contributed by atoms with Crippen LogP contribution in [0.4, 0.5) is 5.82 Å². The van der Waals surface area contributed by atoms with Gasteiger partial charge in [-0.05, 0) is 6.42 Å². The highest BCUT2D eigenvalue weighted by atomic mass is 16.3. The van der Waals surface area contributed by atoms with E-state index in [0.29, 0.717) is 5.92 Å². The number of aromatic nitrogens is 2. The molecule has 0 radical (unpaired) electrons. The number of rotatable bonds is 2. The molecule has 3 rings (SSSR count). The molecule has 1 aliphatic rings. The van der Waals surface area contributed by atoms with E-state index in [0.717, 1.165) is 36.1 Å². The minimum absolute atomic E-state index is 0.259. The molecule has 1 saturated heterocycles. The van der Waals surface area contributed by atoms with E-state index in [1.165, 1.54) is 0 Å². The predicted molar refractivity (Wildman–Crippen MR) is 66.9 cm³/mol. The summed E-state index contributed by atoms with van der Waals surface area (Å²) in [5, 5.41) is 19.7. The van der Waals surface area contributed by atoms with Gasteiger partial charge in [0.25, 0.3) is 0 Å². The molecule has 2 heterocycles. The highest BCUT2D eigenvalue weighted by Gasteiger charge is 2.24. The number of hydrogen-bond donors (Lipinski definition) is 1. The number of aliphatic hydroxyl groups excluding tert-OH is 1. The Labute approximate surface area is 99.9 Å². The fraction of sp³-hybridized carbons (Fsp3) is 0.385. The molecule has 1 N–H and O–H groups in total. The summed E-state index contributed by atoms with van der Waals surface area (Å²) in [6.07, 6.45) is 2.82. The summed E-state index contributed by atoms with van der Waals surface area (Å²) in [5.74, 6) is 1.31. The van der Waals surface area contributed by atoms with Crippen LogP contribution < -0.4 is 4.90 Å². The van der Waals surface area contributed by atoms with Gasteiger partial charge >= 0.3 is 0 Å². The average molecular weight is 229 g/mol. The maximum Gasteiger partial charge on any atom is 0.159 e. The summed E-state index contributed by atoms with van der Waals surface area (Å²) in [4.78, 5) is 2.22. The lowest BCUT2D eigenvalue weighted by molar-refractivity contribution is 0.238. The summed E-state index contributed by atoms with van der Waals surface area (Å²) < 4.78 is 0. The van der Waals surface area contributed by atoms with Crippen molar-refractivity contribution in [1.82, 2.24) is 10.2 Å². The van der Waals surface area contributed by atoms with Crippen LogP contribution in [0.1, 0.15) is 6.42 Å². The first-order chi connectivity index (χ1) is 8.38. The Hall–Kier alpha value is -1.68. The van der Waals surface area contributed by atoms with Crippen LogP contribution in [0, 0.1) is 5.92 Å². The van der Waals surface area contributed by atoms with Crippen LogP contribution in [-0.4, -0.2) is 35.0 Å². The van der Waals surface area contributed by atoms with Gasteiger partial charge in [0.2, 0.25) is 0 Å². The zero-order valence-electron chi connectivity index (χ0n) is 9.58. The van der Waals surface area contributed by atoms with Crippen LogP contribution >= 0.6 is 0 Å². The summed E-state index contributed by atoms with van der Waals surface area (Å²) in [5.41, 5.74) is 0. The fourth-order valence-electron chi connectivity index (χ4n) is 2.42. The Balaban J connectivity index is 2.00. The van der Waals surface area contributed by atoms with Gasteiger partial charge in [-0.15, -0.1) is 5.10 Å². The highest BCUT2D eigenvalue weighted by molar-refractivity contribution is 5.91. The Kier molecular flexibility index (Phi) is 2.65. The molecule has 4 nitrogen and oxygen atoms in total. The van der Waals surface area contributed by atoms with Crippen LogP contribution in [0.2, 0.25) is 0 Å². The van der Waals surface area contributed by atoms with Crippen molar-refractivity contribution in [2.75, 3.05) is 24.6 Å². The van der Waals surface area contributed by atoms with Crippen molar-refractivity contribution in [2.45, 2.75) is 6.42 Å². The number of hydrogen-bond acceptors (Lipinski definition) is 4. The highest BCUT2D eigenvalue weighted by Crippen LogP contribution is 2.27. The van der Waals surface area contributed by atoms with E-state index in [-0.39, 0.29) is 6.61 Å². The van der Waals surface area contributed by atoms with Crippen molar-refractivity contribution >= 4 is 16.6 Å². The molecule has 88 valence electrons. The molecule has 1 atom stereocenters. The summed E-state index contributed by atoms with van der Waals surface area (Å²) in [7, 11) is 0. The molecule has 1 aliphatic heterocycles. The molecule has 1 fully saturated rings. The molecule has 0 amide bonds. The van der Waals surface area contributed by atoms with Crippen molar-refractivity contribution in [3.8, 4) is 0 Å². The molecule has 0 saturated carbocycles. The number of aliphatic hydroxyl groups is 1. The van der Waals surface area contributed by atoms with E-state index >= 15 is 0 Å². The van der Waals surface area contributed by atoms with Gasteiger partial charge in [0, 0.05) is 36.4 Å². The average Bonchev–Trinajstić information content (AvgIpc) is 2.87. The lowest BCUT2D eigenvalue weighted by atomic mass is 10.1. The normalized spacial score (nSPS) is 20.1. The Morgan fingerprint density at radius 2 is 2.24 bits per heavy atom. The number of fused-ring (bicyclic) bond motifs is 1. The molecule has 0 aliphatic carbocycles. The number of nitrogens with zero attached hydrogens (tertiary/aromatic N) is 3. The largest absolute Gasteiger partial charge is 0.396 e. The Morgan fingerprint density at radius 3 is 3.06 bits per heavy atom. The fourth-order valence-corrected chi connectivity index (χ4v) is 2.42. The van der Waals surface area contributed by atoms with Gasteiger partial charge in [-0.1, -0.05) is 24.3 Å². The maximum absolute atomic E-state index is 9.18. The molecule has 1 unspecified atom stereocenters. The van der Waals surface area contributed by atoms with Crippen LogP contribution in [-0.2, 0) is 0 Å². The van der Waals surface area contributed by atoms with Crippen molar-refractivity contribution in [3.05, 3.63) is 30.5 Å². The number of anilines is 1. The molecule has 4 heteroatoms. The second kappa shape index (κ2) is 4.30. The van der Waals surface area contributed by atoms with Gasteiger partial charge < -0.3 is 10.0 Å². The topological polar surface area (TPSA) is 49.2 Å². The van der Waals surface area contributed by atoms with Crippen LogP contribution in [0.15, 0.2) is 30.5 Å². The van der Waals surface area contributed by atoms with Gasteiger partial charge in [0.1, 0.15) is 0 Å². The van der Waals surface area contributed by atoms with Crippen molar-refractivity contribution in [3.63, 3.8) is 0 Å². The third-order valence-electron chi connectivity index (χ3n) is 3.39. The molecular formula is C13H15N3O. The summed E-state index contributed by atoms with van der Waals surface area (Å²) in [6.45, 7) is 2.09. The van der Waals surface area contributed by atoms with Crippen LogP contribution in [0.25, 0.3) is 10.8 Å². The van der Waals surface area contributed by atoms with Crippen LogP contribution in [0.3, 0.4) is 0 Å². The molecule has 0 bridgehead atoms. The minimum atomic E-state index is 0.259. The third kappa shape index (κ3) is 1.85. The van der Waals surface area contributed by atoms with E-state index in [9.17, 15) is 5.11 Å². The summed E-state index contributed by atoms with van der Waals surface area (Å²) in [6, 6.07) is 8.15. The predicted octanol–water partition coefficient (Wildman–Crippen LogP) is 1.45. The lowest BCUT2D eigenvalue weighted by Gasteiger charge is -2.18. The van der Waals surface area contributed by atoms with E-state index in [4.69, 9.17) is 0 Å². The van der Waals surface area contributed by atoms with Gasteiger partial charge in [-0.3, -0.25) is 0 Å². The van der Waals surface area contributed by atoms with E-state index < -0.39 is 0 Å². The first-order valence-electron chi connectivity index (χ1n) is 5.94. The lowest BCUT2D eigenvalue weighted by Crippen LogP contribution is -2.22. The van der Waals surface area contributed by atoms with Gasteiger partial charge in [-0.2, -0.15) is 5.10 Å². The van der Waals surface area contributed by atoms with E-state index in [1.807, 2.05) is 18.2 Å². The third-order valence-corrected chi connectivity index (χ3v) is 3.39. The van der Waals surface area contributed by atoms with E-state index in [1.54, 1.807) is 6.20 Å². The molecule has 1 aromatic carbocycles. The van der Waals surface area contributed by atoms with Crippen molar-refractivity contribution in [2.24, 2.45) is 5.92 Å². The zero-order valence-corrected chi connectivity index (χ0v) is 9.58. The van der Waals surface area contributed by atoms with Gasteiger partial charge in [-0.25, -0.2) is 0 Å². The monoisotopic (exact) mass is 229 g/mol. The standard InChI is InChI=1S/C13H15N3O/c17-9-10-5-6-16(8-10)13-12-4-2-1-3-11(12)7-14-15-13/h1-4,7,10,17H,5-6,8-9H2. The zero-order chi connectivity index (χ0) is 11.7. The molecule has 0 spiro atoms. The molecular weight excluding hydrogens is 214 g/mol. The van der Waals surface area contributed by atoms with Gasteiger partial charge in [0.05, 0.1) is 6.20 Å². The minimum Gasteiger partial charge on any atom is -0.396 e. The Bertz CT molecular complexity index is 524. The number of benzene rings is 1. The van der Waals surface area contributed by atoms with Crippen LogP contribution in [0.5, 0.6) is 0 Å². The maximum atomic E-state index is 9.18. The van der Waals surface area contributed by atoms with Gasteiger partial charge in [0.15, 0.2) is 5.82 Å². The second-order valence-corrected chi connectivity index (χ2v) is 4.54. The quantitative estimate of drug-likeness (QED) is 0.846. The van der Waals surface area contributed by atoms with Crippen molar-refractivity contribution < 1.29 is 5.11 Å². The first kappa shape index (κ1) is 10.5. The smallest absolute Gasteiger partial charge is 0.159 e.